The molecule has 0 saturated carbocycles. The first kappa shape index (κ1) is 20.8. The van der Waals surface area contributed by atoms with E-state index in [9.17, 15) is 4.79 Å². The fraction of sp³-hybridized carbons (Fsp3) is 0.500. The fourth-order valence-electron chi connectivity index (χ4n) is 3.84. The zero-order valence-electron chi connectivity index (χ0n) is 17.4. The Labute approximate surface area is 172 Å². The highest BCUT2D eigenvalue weighted by Crippen LogP contribution is 2.29. The van der Waals surface area contributed by atoms with E-state index in [0.29, 0.717) is 5.56 Å². The van der Waals surface area contributed by atoms with Crippen LogP contribution in [0, 0.1) is 0 Å². The van der Waals surface area contributed by atoms with Gasteiger partial charge in [-0.25, -0.2) is 0 Å². The molecule has 2 heterocycles. The van der Waals surface area contributed by atoms with Gasteiger partial charge in [0.05, 0.1) is 6.04 Å². The SMILES string of the molecule is CCN1CCN([C@@H](c2cccs2)[C@@H](C)NC(=O)c2ccc(N(C)C)cc2)CC1. The number of hydrogen-bond donors (Lipinski definition) is 1. The summed E-state index contributed by atoms with van der Waals surface area (Å²) in [5.41, 5.74) is 1.80. The summed E-state index contributed by atoms with van der Waals surface area (Å²) in [7, 11) is 4.00. The van der Waals surface area contributed by atoms with E-state index in [-0.39, 0.29) is 18.0 Å². The highest BCUT2D eigenvalue weighted by atomic mass is 32.1. The Balaban J connectivity index is 1.70. The number of nitrogens with one attached hydrogen (secondary N) is 1. The Morgan fingerprint density at radius 2 is 1.82 bits per heavy atom. The Bertz CT molecular complexity index is 736. The number of benzene rings is 1. The van der Waals surface area contributed by atoms with E-state index < -0.39 is 0 Å². The van der Waals surface area contributed by atoms with Crippen LogP contribution in [0.3, 0.4) is 0 Å². The molecule has 1 aromatic carbocycles. The van der Waals surface area contributed by atoms with Gasteiger partial charge in [0.2, 0.25) is 0 Å². The summed E-state index contributed by atoms with van der Waals surface area (Å²) in [6.07, 6.45) is 0. The van der Waals surface area contributed by atoms with E-state index in [0.717, 1.165) is 38.4 Å². The number of likely N-dealkylation sites (N-methyl/N-ethyl adjacent to an activating group) is 1. The van der Waals surface area contributed by atoms with Gasteiger partial charge < -0.3 is 15.1 Å². The van der Waals surface area contributed by atoms with Gasteiger partial charge in [-0.2, -0.15) is 0 Å². The maximum atomic E-state index is 12.8. The number of anilines is 1. The van der Waals surface area contributed by atoms with Gasteiger partial charge in [-0.1, -0.05) is 13.0 Å². The second-order valence-electron chi connectivity index (χ2n) is 7.63. The van der Waals surface area contributed by atoms with E-state index in [4.69, 9.17) is 0 Å². The molecular weight excluding hydrogens is 368 g/mol. The second kappa shape index (κ2) is 9.54. The standard InChI is InChI=1S/C22H32N4OS/c1-5-25-12-14-26(15-13-25)21(20-7-6-16-28-20)17(2)23-22(27)18-8-10-19(11-9-18)24(3)4/h6-11,16-17,21H,5,12-15H2,1-4H3,(H,23,27)/t17-,21-/m1/s1. The lowest BCUT2D eigenvalue weighted by molar-refractivity contribution is 0.0753. The van der Waals surface area contributed by atoms with Gasteiger partial charge in [0.1, 0.15) is 0 Å². The average molecular weight is 401 g/mol. The van der Waals surface area contributed by atoms with Crippen molar-refractivity contribution in [1.82, 2.24) is 15.1 Å². The summed E-state index contributed by atoms with van der Waals surface area (Å²) in [5, 5.41) is 5.38. The first-order chi connectivity index (χ1) is 13.5. The molecule has 0 bridgehead atoms. The zero-order valence-corrected chi connectivity index (χ0v) is 18.2. The maximum Gasteiger partial charge on any atom is 0.251 e. The van der Waals surface area contributed by atoms with Crippen LogP contribution in [0.1, 0.15) is 35.1 Å². The van der Waals surface area contributed by atoms with Crippen LogP contribution < -0.4 is 10.2 Å². The molecule has 0 spiro atoms. The lowest BCUT2D eigenvalue weighted by Crippen LogP contribution is -2.52. The highest BCUT2D eigenvalue weighted by molar-refractivity contribution is 7.10. The van der Waals surface area contributed by atoms with Crippen molar-refractivity contribution in [3.8, 4) is 0 Å². The molecule has 1 aliphatic rings. The lowest BCUT2D eigenvalue weighted by atomic mass is 10.0. The summed E-state index contributed by atoms with van der Waals surface area (Å²) >= 11 is 1.78. The van der Waals surface area contributed by atoms with Crippen LogP contribution >= 0.6 is 11.3 Å². The highest BCUT2D eigenvalue weighted by Gasteiger charge is 2.30. The van der Waals surface area contributed by atoms with Crippen molar-refractivity contribution in [2.75, 3.05) is 51.7 Å². The van der Waals surface area contributed by atoms with Gasteiger partial charge in [0.15, 0.2) is 0 Å². The van der Waals surface area contributed by atoms with E-state index in [2.05, 4.69) is 46.5 Å². The maximum absolute atomic E-state index is 12.8. The molecule has 28 heavy (non-hydrogen) atoms. The average Bonchev–Trinajstić information content (AvgIpc) is 3.23. The van der Waals surface area contributed by atoms with Crippen LogP contribution in [0.25, 0.3) is 0 Å². The van der Waals surface area contributed by atoms with Crippen molar-refractivity contribution >= 4 is 22.9 Å². The fourth-order valence-corrected chi connectivity index (χ4v) is 4.80. The van der Waals surface area contributed by atoms with Crippen LogP contribution in [0.15, 0.2) is 41.8 Å². The lowest BCUT2D eigenvalue weighted by Gasteiger charge is -2.41. The number of nitrogens with zero attached hydrogens (tertiary/aromatic N) is 3. The third-order valence-electron chi connectivity index (χ3n) is 5.56. The minimum absolute atomic E-state index is 0.00782. The number of rotatable bonds is 7. The Hall–Kier alpha value is -1.89. The summed E-state index contributed by atoms with van der Waals surface area (Å²) in [4.78, 5) is 21.2. The van der Waals surface area contributed by atoms with Gasteiger partial charge in [-0.05, 0) is 49.2 Å². The first-order valence-corrected chi connectivity index (χ1v) is 11.0. The van der Waals surface area contributed by atoms with Crippen molar-refractivity contribution in [3.05, 3.63) is 52.2 Å². The van der Waals surface area contributed by atoms with Gasteiger partial charge in [-0.3, -0.25) is 9.69 Å². The van der Waals surface area contributed by atoms with Crippen LogP contribution in [-0.2, 0) is 0 Å². The second-order valence-corrected chi connectivity index (χ2v) is 8.61. The molecular formula is C22H32N4OS. The zero-order chi connectivity index (χ0) is 20.1. The topological polar surface area (TPSA) is 38.8 Å². The molecule has 2 atom stereocenters. The van der Waals surface area contributed by atoms with Crippen LogP contribution in [-0.4, -0.2) is 68.6 Å². The Kier molecular flexibility index (Phi) is 7.10. The first-order valence-electron chi connectivity index (χ1n) is 10.1. The smallest absolute Gasteiger partial charge is 0.251 e. The Morgan fingerprint density at radius 3 is 2.36 bits per heavy atom. The quantitative estimate of drug-likeness (QED) is 0.774. The van der Waals surface area contributed by atoms with Crippen LogP contribution in [0.5, 0.6) is 0 Å². The van der Waals surface area contributed by atoms with Crippen molar-refractivity contribution in [2.24, 2.45) is 0 Å². The van der Waals surface area contributed by atoms with Crippen molar-refractivity contribution in [2.45, 2.75) is 25.9 Å². The summed E-state index contributed by atoms with van der Waals surface area (Å²) in [5.74, 6) is -0.00782. The predicted octanol–water partition coefficient (Wildman–Crippen LogP) is 3.31. The monoisotopic (exact) mass is 400 g/mol. The molecule has 1 amide bonds. The number of carbonyl (C=O) groups excluding carboxylic acids is 1. The van der Waals surface area contributed by atoms with Gasteiger partial charge in [0, 0.05) is 62.4 Å². The molecule has 1 saturated heterocycles. The number of amides is 1. The molecule has 1 N–H and O–H groups in total. The summed E-state index contributed by atoms with van der Waals surface area (Å²) in [6.45, 7) is 9.70. The van der Waals surface area contributed by atoms with E-state index in [1.54, 1.807) is 11.3 Å². The molecule has 1 aromatic heterocycles. The minimum Gasteiger partial charge on any atom is -0.378 e. The van der Waals surface area contributed by atoms with Crippen molar-refractivity contribution < 1.29 is 4.79 Å². The predicted molar refractivity (Wildman–Crippen MR) is 118 cm³/mol. The van der Waals surface area contributed by atoms with Gasteiger partial charge in [-0.15, -0.1) is 11.3 Å². The molecule has 5 nitrogen and oxygen atoms in total. The van der Waals surface area contributed by atoms with Crippen molar-refractivity contribution in [3.63, 3.8) is 0 Å². The third-order valence-corrected chi connectivity index (χ3v) is 6.50. The molecule has 6 heteroatoms. The molecule has 0 radical (unpaired) electrons. The molecule has 152 valence electrons. The largest absolute Gasteiger partial charge is 0.378 e. The van der Waals surface area contributed by atoms with Crippen LogP contribution in [0.4, 0.5) is 5.69 Å². The van der Waals surface area contributed by atoms with Gasteiger partial charge >= 0.3 is 0 Å². The minimum atomic E-state index is -0.00782. The molecule has 0 unspecified atom stereocenters. The van der Waals surface area contributed by atoms with Crippen LogP contribution in [0.2, 0.25) is 0 Å². The third kappa shape index (κ3) is 4.93. The molecule has 1 fully saturated rings. The van der Waals surface area contributed by atoms with E-state index in [1.165, 1.54) is 4.88 Å². The molecule has 3 rings (SSSR count). The molecule has 1 aliphatic heterocycles. The normalized spacial score (nSPS) is 17.9. The molecule has 0 aliphatic carbocycles. The van der Waals surface area contributed by atoms with E-state index >= 15 is 0 Å². The van der Waals surface area contributed by atoms with E-state index in [1.807, 2.05) is 43.3 Å². The Morgan fingerprint density at radius 1 is 1.14 bits per heavy atom. The summed E-state index contributed by atoms with van der Waals surface area (Å²) in [6, 6.07) is 12.3. The molecule has 2 aromatic rings. The number of carbonyl (C=O) groups is 1. The number of piperazine rings is 1. The van der Waals surface area contributed by atoms with Crippen molar-refractivity contribution in [1.29, 1.82) is 0 Å². The number of thiophene rings is 1. The summed E-state index contributed by atoms with van der Waals surface area (Å²) < 4.78 is 0. The number of hydrogen-bond acceptors (Lipinski definition) is 5. The van der Waals surface area contributed by atoms with Gasteiger partial charge in [0.25, 0.3) is 5.91 Å².